The van der Waals surface area contributed by atoms with Crippen molar-refractivity contribution in [3.8, 4) is 0 Å². The van der Waals surface area contributed by atoms with Crippen LogP contribution in [0.25, 0.3) is 16.7 Å². The maximum Gasteiger partial charge on any atom is 0.336 e. The van der Waals surface area contributed by atoms with E-state index in [0.717, 1.165) is 22.3 Å². The van der Waals surface area contributed by atoms with Crippen molar-refractivity contribution in [1.29, 1.82) is 0 Å². The molecule has 0 saturated carbocycles. The molecule has 136 valence electrons. The van der Waals surface area contributed by atoms with Crippen LogP contribution in [0.2, 0.25) is 0 Å². The number of rotatable bonds is 3. The van der Waals surface area contributed by atoms with Gasteiger partial charge in [-0.3, -0.25) is 4.79 Å². The van der Waals surface area contributed by atoms with Gasteiger partial charge in [-0.1, -0.05) is 0 Å². The first kappa shape index (κ1) is 16.9. The minimum atomic E-state index is -0.421. The maximum atomic E-state index is 12.4. The number of hydrogen-bond acceptors (Lipinski definition) is 6. The molecule has 0 aliphatic rings. The van der Waals surface area contributed by atoms with Crippen molar-refractivity contribution in [1.82, 2.24) is 19.6 Å². The quantitative estimate of drug-likeness (QED) is 0.561. The monoisotopic (exact) mass is 363 g/mol. The fraction of sp³-hybridized carbons (Fsp3) is 0.211. The minimum absolute atomic E-state index is 0.0116. The summed E-state index contributed by atoms with van der Waals surface area (Å²) < 4.78 is 6.82. The second kappa shape index (κ2) is 6.31. The molecule has 27 heavy (non-hydrogen) atoms. The minimum Gasteiger partial charge on any atom is -0.423 e. The van der Waals surface area contributed by atoms with Crippen molar-refractivity contribution < 1.29 is 9.21 Å². The third-order valence-electron chi connectivity index (χ3n) is 4.22. The predicted octanol–water partition coefficient (Wildman–Crippen LogP) is 2.34. The largest absolute Gasteiger partial charge is 0.423 e. The van der Waals surface area contributed by atoms with Crippen LogP contribution in [-0.2, 0) is 11.2 Å². The summed E-state index contributed by atoms with van der Waals surface area (Å²) in [4.78, 5) is 32.5. The first-order valence-electron chi connectivity index (χ1n) is 8.43. The van der Waals surface area contributed by atoms with E-state index in [1.54, 1.807) is 16.6 Å². The SMILES string of the molecule is Cc1cc(C)n2nc(CC(=O)Nc3ccc4c(C)cc(=O)oc4c3)nc2n1. The lowest BCUT2D eigenvalue weighted by Crippen LogP contribution is -2.15. The number of carbonyl (C=O) groups is 1. The van der Waals surface area contributed by atoms with Gasteiger partial charge in [-0.2, -0.15) is 4.98 Å². The molecule has 1 N–H and O–H groups in total. The van der Waals surface area contributed by atoms with Crippen LogP contribution in [0.1, 0.15) is 22.8 Å². The van der Waals surface area contributed by atoms with E-state index in [0.29, 0.717) is 22.9 Å². The predicted molar refractivity (Wildman–Crippen MR) is 99.8 cm³/mol. The molecule has 0 atom stereocenters. The van der Waals surface area contributed by atoms with E-state index in [1.165, 1.54) is 6.07 Å². The molecule has 0 radical (unpaired) electrons. The lowest BCUT2D eigenvalue weighted by atomic mass is 10.1. The van der Waals surface area contributed by atoms with Gasteiger partial charge >= 0.3 is 5.63 Å². The van der Waals surface area contributed by atoms with E-state index < -0.39 is 5.63 Å². The summed E-state index contributed by atoms with van der Waals surface area (Å²) in [5.74, 6) is 0.588. The molecule has 1 amide bonds. The van der Waals surface area contributed by atoms with Gasteiger partial charge in [0, 0.05) is 34.6 Å². The second-order valence-electron chi connectivity index (χ2n) is 6.46. The van der Waals surface area contributed by atoms with E-state index in [4.69, 9.17) is 4.42 Å². The number of amides is 1. The van der Waals surface area contributed by atoms with Crippen molar-refractivity contribution in [2.45, 2.75) is 27.2 Å². The molecule has 4 aromatic rings. The van der Waals surface area contributed by atoms with Crippen LogP contribution < -0.4 is 10.9 Å². The number of nitrogens with one attached hydrogen (secondary N) is 1. The van der Waals surface area contributed by atoms with E-state index in [9.17, 15) is 9.59 Å². The zero-order valence-electron chi connectivity index (χ0n) is 15.1. The molecule has 4 rings (SSSR count). The second-order valence-corrected chi connectivity index (χ2v) is 6.46. The van der Waals surface area contributed by atoms with Crippen molar-refractivity contribution in [3.63, 3.8) is 0 Å². The Bertz CT molecular complexity index is 1260. The molecular weight excluding hydrogens is 346 g/mol. The molecule has 3 heterocycles. The summed E-state index contributed by atoms with van der Waals surface area (Å²) in [6, 6.07) is 8.54. The number of carbonyl (C=O) groups excluding carboxylic acids is 1. The molecule has 0 unspecified atom stereocenters. The summed E-state index contributed by atoms with van der Waals surface area (Å²) in [6.45, 7) is 5.63. The first-order valence-corrected chi connectivity index (χ1v) is 8.43. The Labute approximate surface area is 153 Å². The highest BCUT2D eigenvalue weighted by atomic mass is 16.4. The highest BCUT2D eigenvalue weighted by molar-refractivity contribution is 5.94. The Morgan fingerprint density at radius 3 is 2.78 bits per heavy atom. The van der Waals surface area contributed by atoms with E-state index in [-0.39, 0.29) is 12.3 Å². The van der Waals surface area contributed by atoms with Gasteiger partial charge in [-0.25, -0.2) is 14.3 Å². The summed E-state index contributed by atoms with van der Waals surface area (Å²) >= 11 is 0. The third kappa shape index (κ3) is 3.29. The number of nitrogens with zero attached hydrogens (tertiary/aromatic N) is 4. The number of anilines is 1. The molecule has 8 heteroatoms. The average molecular weight is 363 g/mol. The third-order valence-corrected chi connectivity index (χ3v) is 4.22. The first-order chi connectivity index (χ1) is 12.9. The standard InChI is InChI=1S/C19H17N5O3/c1-10-6-18(26)27-15-8-13(4-5-14(10)15)21-17(25)9-16-22-19-20-11(2)7-12(3)24(19)23-16/h4-8H,9H2,1-3H3,(H,21,25). The molecule has 1 aromatic carbocycles. The van der Waals surface area contributed by atoms with Crippen LogP contribution in [0.15, 0.2) is 39.5 Å². The molecular formula is C19H17N5O3. The normalized spacial score (nSPS) is 11.2. The van der Waals surface area contributed by atoms with E-state index >= 15 is 0 Å². The molecule has 0 bridgehead atoms. The zero-order chi connectivity index (χ0) is 19.1. The van der Waals surface area contributed by atoms with E-state index in [1.807, 2.05) is 32.9 Å². The van der Waals surface area contributed by atoms with Crippen molar-refractivity contribution >= 4 is 28.3 Å². The lowest BCUT2D eigenvalue weighted by molar-refractivity contribution is -0.115. The Balaban J connectivity index is 1.57. The van der Waals surface area contributed by atoms with Gasteiger partial charge in [-0.15, -0.1) is 5.10 Å². The number of aromatic nitrogens is 4. The van der Waals surface area contributed by atoms with Crippen molar-refractivity contribution in [2.75, 3.05) is 5.32 Å². The molecule has 0 aliphatic heterocycles. The number of benzene rings is 1. The topological polar surface area (TPSA) is 102 Å². The van der Waals surface area contributed by atoms with Gasteiger partial charge in [0.1, 0.15) is 5.58 Å². The number of hydrogen-bond donors (Lipinski definition) is 1. The summed E-state index contributed by atoms with van der Waals surface area (Å²) in [7, 11) is 0. The van der Waals surface area contributed by atoms with Crippen molar-refractivity contribution in [2.24, 2.45) is 0 Å². The fourth-order valence-electron chi connectivity index (χ4n) is 3.03. The summed E-state index contributed by atoms with van der Waals surface area (Å²) in [5, 5.41) is 7.94. The molecule has 8 nitrogen and oxygen atoms in total. The highest BCUT2D eigenvalue weighted by Crippen LogP contribution is 2.20. The van der Waals surface area contributed by atoms with Gasteiger partial charge < -0.3 is 9.73 Å². The van der Waals surface area contributed by atoms with Crippen LogP contribution in [-0.4, -0.2) is 25.5 Å². The van der Waals surface area contributed by atoms with Crippen LogP contribution in [0, 0.1) is 20.8 Å². The summed E-state index contributed by atoms with van der Waals surface area (Å²) in [5.41, 5.74) is 3.11. The molecule has 0 fully saturated rings. The van der Waals surface area contributed by atoms with Gasteiger partial charge in [-0.05, 0) is 44.5 Å². The molecule has 0 aliphatic carbocycles. The Morgan fingerprint density at radius 2 is 1.96 bits per heavy atom. The Hall–Kier alpha value is -3.55. The molecule has 3 aromatic heterocycles. The van der Waals surface area contributed by atoms with Crippen LogP contribution >= 0.6 is 0 Å². The average Bonchev–Trinajstić information content (AvgIpc) is 2.96. The van der Waals surface area contributed by atoms with Gasteiger partial charge in [0.2, 0.25) is 5.91 Å². The van der Waals surface area contributed by atoms with Gasteiger partial charge in [0.25, 0.3) is 5.78 Å². The number of fused-ring (bicyclic) bond motifs is 2. The Kier molecular flexibility index (Phi) is 3.95. The smallest absolute Gasteiger partial charge is 0.336 e. The van der Waals surface area contributed by atoms with Gasteiger partial charge in [0.05, 0.1) is 6.42 Å². The molecule has 0 spiro atoms. The van der Waals surface area contributed by atoms with E-state index in [2.05, 4.69) is 20.4 Å². The summed E-state index contributed by atoms with van der Waals surface area (Å²) in [6.07, 6.45) is 0.0116. The lowest BCUT2D eigenvalue weighted by Gasteiger charge is -2.06. The van der Waals surface area contributed by atoms with Crippen molar-refractivity contribution in [3.05, 3.63) is 63.5 Å². The van der Waals surface area contributed by atoms with Crippen LogP contribution in [0.3, 0.4) is 0 Å². The maximum absolute atomic E-state index is 12.4. The fourth-order valence-corrected chi connectivity index (χ4v) is 3.03. The highest BCUT2D eigenvalue weighted by Gasteiger charge is 2.13. The van der Waals surface area contributed by atoms with Gasteiger partial charge in [0.15, 0.2) is 5.82 Å². The molecule has 0 saturated heterocycles. The van der Waals surface area contributed by atoms with Crippen LogP contribution in [0.4, 0.5) is 5.69 Å². The zero-order valence-corrected chi connectivity index (χ0v) is 15.1. The Morgan fingerprint density at radius 1 is 1.15 bits per heavy atom. The van der Waals surface area contributed by atoms with Crippen LogP contribution in [0.5, 0.6) is 0 Å². The number of aryl methyl sites for hydroxylation is 3.